The van der Waals surface area contributed by atoms with Crippen LogP contribution in [-0.4, -0.2) is 36.5 Å². The van der Waals surface area contributed by atoms with E-state index in [1.54, 1.807) is 0 Å². The Bertz CT molecular complexity index is 223. The van der Waals surface area contributed by atoms with Crippen LogP contribution in [-0.2, 0) is 4.79 Å². The molecule has 2 N–H and O–H groups in total. The summed E-state index contributed by atoms with van der Waals surface area (Å²) in [6.07, 6.45) is 3.56. The van der Waals surface area contributed by atoms with Crippen LogP contribution in [0.15, 0.2) is 0 Å². The number of rotatable bonds is 2. The minimum absolute atomic E-state index is 0. The molecule has 0 bridgehead atoms. The fraction of sp³-hybridized carbons (Fsp3) is 0.917. The first-order valence-electron chi connectivity index (χ1n) is 6.12. The summed E-state index contributed by atoms with van der Waals surface area (Å²) >= 11 is 0. The number of amides is 1. The van der Waals surface area contributed by atoms with E-state index in [9.17, 15) is 5.11 Å². The molecule has 0 spiro atoms. The van der Waals surface area contributed by atoms with Crippen LogP contribution in [0.1, 0.15) is 33.1 Å². The first-order valence-corrected chi connectivity index (χ1v) is 6.12. The number of hydrogen-bond donors (Lipinski definition) is 1. The number of hydrogen-bond acceptors (Lipinski definition) is 3. The van der Waals surface area contributed by atoms with E-state index >= 15 is 0 Å². The molecule has 1 saturated heterocycles. The summed E-state index contributed by atoms with van der Waals surface area (Å²) in [5, 5.41) is 11.3. The van der Waals surface area contributed by atoms with Gasteiger partial charge in [-0.1, -0.05) is 6.92 Å². The third-order valence-corrected chi connectivity index (χ3v) is 3.63. The minimum atomic E-state index is -0.313. The van der Waals surface area contributed by atoms with Crippen LogP contribution in [0.3, 0.4) is 0 Å². The molecule has 1 aliphatic carbocycles. The molecule has 17 heavy (non-hydrogen) atoms. The van der Waals surface area contributed by atoms with Gasteiger partial charge in [0.25, 0.3) is 0 Å². The van der Waals surface area contributed by atoms with Crippen molar-refractivity contribution < 1.29 is 78.8 Å². The molecule has 0 aromatic rings. The average molecular weight is 360 g/mol. The molecule has 2 fully saturated rings. The maximum Gasteiger partial charge on any atom is 1.00 e. The quantitative estimate of drug-likeness (QED) is 0.533. The zero-order chi connectivity index (χ0) is 12.1. The zero-order valence-electron chi connectivity index (χ0n) is 11.3. The van der Waals surface area contributed by atoms with Crippen LogP contribution in [0.5, 0.6) is 0 Å². The molecular weight excluding hydrogens is 337 g/mol. The number of carbonyl (C=O) groups is 1. The first kappa shape index (κ1) is 18.4. The Kier molecular flexibility index (Phi) is 10.2. The number of primary amides is 1. The molecule has 1 amide bonds. The Balaban J connectivity index is 0.000000583. The van der Waals surface area contributed by atoms with E-state index in [-0.39, 0.29) is 81.4 Å². The van der Waals surface area contributed by atoms with Gasteiger partial charge in [-0.2, -0.15) is 0 Å². The van der Waals surface area contributed by atoms with E-state index in [0.717, 1.165) is 24.8 Å². The van der Waals surface area contributed by atoms with Crippen LogP contribution < -0.4 is 79.7 Å². The summed E-state index contributed by atoms with van der Waals surface area (Å²) in [5.41, 5.74) is 4.17. The Morgan fingerprint density at radius 2 is 1.88 bits per heavy atom. The molecule has 1 aliphatic heterocycles. The Hall–Kier alpha value is 1.44. The van der Waals surface area contributed by atoms with Crippen molar-refractivity contribution in [2.24, 2.45) is 17.6 Å². The average Bonchev–Trinajstić information content (AvgIpc) is 2.44. The van der Waals surface area contributed by atoms with E-state index in [0.29, 0.717) is 6.04 Å². The summed E-state index contributed by atoms with van der Waals surface area (Å²) < 4.78 is 0. The fourth-order valence-corrected chi connectivity index (χ4v) is 2.85. The standard InChI is InChI=1S/C11H20NO.CH3NO.Cs/c1-8-3-10(4-8)6-12-7-11(13)5-9(12)2;2-1-3;/h8-11H,3-7H2,1-2H3;1H,(H2,2,3);/q-1;;+1/t8?,9-,10?,11?;;/m1../s1. The van der Waals surface area contributed by atoms with Gasteiger partial charge < -0.3 is 15.7 Å². The summed E-state index contributed by atoms with van der Waals surface area (Å²) in [7, 11) is 0. The van der Waals surface area contributed by atoms with Gasteiger partial charge in [0.2, 0.25) is 6.41 Å². The summed E-state index contributed by atoms with van der Waals surface area (Å²) in [5.74, 6) is 1.83. The van der Waals surface area contributed by atoms with Crippen LogP contribution in [0.25, 0.3) is 0 Å². The smallest absolute Gasteiger partial charge is 0.851 e. The van der Waals surface area contributed by atoms with Crippen molar-refractivity contribution in [3.05, 3.63) is 0 Å². The molecule has 4 nitrogen and oxygen atoms in total. The molecule has 2 aliphatic rings. The van der Waals surface area contributed by atoms with Crippen LogP contribution in [0.4, 0.5) is 0 Å². The van der Waals surface area contributed by atoms with Crippen molar-refractivity contribution >= 4 is 6.41 Å². The molecule has 2 atom stereocenters. The van der Waals surface area contributed by atoms with Gasteiger partial charge in [-0.05, 0) is 44.6 Å². The summed E-state index contributed by atoms with van der Waals surface area (Å²) in [4.78, 5) is 11.0. The molecule has 0 aromatic heterocycles. The molecule has 2 rings (SSSR count). The van der Waals surface area contributed by atoms with Crippen molar-refractivity contribution in [2.75, 3.05) is 13.1 Å². The summed E-state index contributed by atoms with van der Waals surface area (Å²) in [6.45, 7) is 6.50. The van der Waals surface area contributed by atoms with E-state index in [1.165, 1.54) is 19.4 Å². The van der Waals surface area contributed by atoms with E-state index in [4.69, 9.17) is 4.79 Å². The van der Waals surface area contributed by atoms with Gasteiger partial charge in [0.15, 0.2) is 0 Å². The topological polar surface area (TPSA) is 69.4 Å². The second kappa shape index (κ2) is 9.36. The van der Waals surface area contributed by atoms with Crippen molar-refractivity contribution in [1.82, 2.24) is 4.90 Å². The maximum atomic E-state index is 11.3. The van der Waals surface area contributed by atoms with E-state index in [1.807, 2.05) is 0 Å². The first-order chi connectivity index (χ1) is 7.56. The number of nitrogens with zero attached hydrogens (tertiary/aromatic N) is 1. The Labute approximate surface area is 163 Å². The van der Waals surface area contributed by atoms with Crippen LogP contribution in [0.2, 0.25) is 0 Å². The molecule has 5 heteroatoms. The van der Waals surface area contributed by atoms with Gasteiger partial charge >= 0.3 is 68.9 Å². The third-order valence-electron chi connectivity index (χ3n) is 3.63. The van der Waals surface area contributed by atoms with E-state index in [2.05, 4.69) is 24.5 Å². The van der Waals surface area contributed by atoms with E-state index < -0.39 is 0 Å². The summed E-state index contributed by atoms with van der Waals surface area (Å²) in [6, 6.07) is 0.540. The maximum absolute atomic E-state index is 11.3. The van der Waals surface area contributed by atoms with Crippen LogP contribution in [0, 0.1) is 11.8 Å². The van der Waals surface area contributed by atoms with Gasteiger partial charge in [-0.25, -0.2) is 0 Å². The van der Waals surface area contributed by atoms with Crippen LogP contribution >= 0.6 is 0 Å². The molecular formula is C12H23CsN2O2. The molecule has 94 valence electrons. The predicted octanol–water partition coefficient (Wildman–Crippen LogP) is -3.04. The minimum Gasteiger partial charge on any atom is -0.851 e. The number of likely N-dealkylation sites (tertiary alicyclic amines) is 1. The van der Waals surface area contributed by atoms with Gasteiger partial charge in [0.1, 0.15) is 0 Å². The number of nitrogens with two attached hydrogens (primary N) is 1. The second-order valence-corrected chi connectivity index (χ2v) is 5.24. The largest absolute Gasteiger partial charge is 1.00 e. The SMILES string of the molecule is CC1CC(CN2CC([O-])C[C@H]2C)C1.NC=O.[Cs+]. The fourth-order valence-electron chi connectivity index (χ4n) is 2.85. The monoisotopic (exact) mass is 360 g/mol. The molecule has 0 radical (unpaired) electrons. The van der Waals surface area contributed by atoms with Crippen molar-refractivity contribution in [2.45, 2.75) is 45.3 Å². The molecule has 1 heterocycles. The zero-order valence-corrected chi connectivity index (χ0v) is 17.5. The second-order valence-electron chi connectivity index (χ2n) is 5.24. The third kappa shape index (κ3) is 6.43. The molecule has 0 aromatic carbocycles. The van der Waals surface area contributed by atoms with Gasteiger partial charge in [0, 0.05) is 12.6 Å². The Morgan fingerprint density at radius 3 is 2.24 bits per heavy atom. The predicted molar refractivity (Wildman–Crippen MR) is 61.6 cm³/mol. The Morgan fingerprint density at radius 1 is 1.35 bits per heavy atom. The van der Waals surface area contributed by atoms with Gasteiger partial charge in [-0.3, -0.25) is 4.79 Å². The number of carbonyl (C=O) groups excluding carboxylic acids is 1. The van der Waals surface area contributed by atoms with Crippen molar-refractivity contribution in [3.63, 3.8) is 0 Å². The van der Waals surface area contributed by atoms with Crippen molar-refractivity contribution in [3.8, 4) is 0 Å². The molecule has 1 saturated carbocycles. The van der Waals surface area contributed by atoms with Gasteiger partial charge in [0.05, 0.1) is 0 Å². The molecule has 1 unspecified atom stereocenters. The normalized spacial score (nSPS) is 36.2. The van der Waals surface area contributed by atoms with Gasteiger partial charge in [-0.15, -0.1) is 6.10 Å². The van der Waals surface area contributed by atoms with Crippen molar-refractivity contribution in [1.29, 1.82) is 0 Å².